The van der Waals surface area contributed by atoms with E-state index in [1.165, 1.54) is 18.7 Å². The van der Waals surface area contributed by atoms with Crippen LogP contribution in [0, 0.1) is 5.92 Å². The molecule has 0 fully saturated rings. The van der Waals surface area contributed by atoms with Crippen LogP contribution in [0.5, 0.6) is 0 Å². The third-order valence-electron chi connectivity index (χ3n) is 2.37. The quantitative estimate of drug-likeness (QED) is 0.291. The lowest BCUT2D eigenvalue weighted by atomic mass is 10.1. The molecule has 8 heteroatoms. The highest BCUT2D eigenvalue weighted by Gasteiger charge is 2.43. The van der Waals surface area contributed by atoms with E-state index in [2.05, 4.69) is 5.16 Å². The molecule has 0 aromatic heterocycles. The standard InChI is InChI=1S/C10H20F3N3O2/c1-4-16(6-9(2,3)17)5-7(8(14)15-18)10(11,12)13/h7,17-18H,4-6H2,1-3H3,(H2,14,15). The molecule has 1 atom stereocenters. The molecule has 5 nitrogen and oxygen atoms in total. The van der Waals surface area contributed by atoms with Crippen molar-refractivity contribution in [3.8, 4) is 0 Å². The Morgan fingerprint density at radius 1 is 1.39 bits per heavy atom. The van der Waals surface area contributed by atoms with Gasteiger partial charge in [0.05, 0.1) is 5.60 Å². The summed E-state index contributed by atoms with van der Waals surface area (Å²) in [5.41, 5.74) is 3.95. The fourth-order valence-corrected chi connectivity index (χ4v) is 1.55. The number of nitrogens with two attached hydrogens (primary N) is 1. The summed E-state index contributed by atoms with van der Waals surface area (Å²) in [6, 6.07) is 0. The van der Waals surface area contributed by atoms with Crippen LogP contribution >= 0.6 is 0 Å². The Labute approximate surface area is 104 Å². The molecular weight excluding hydrogens is 251 g/mol. The van der Waals surface area contributed by atoms with Gasteiger partial charge in [-0.05, 0) is 20.4 Å². The van der Waals surface area contributed by atoms with Crippen molar-refractivity contribution >= 4 is 5.84 Å². The second kappa shape index (κ2) is 6.24. The minimum atomic E-state index is -4.59. The molecule has 0 radical (unpaired) electrons. The smallest absolute Gasteiger partial charge is 0.400 e. The molecule has 0 bridgehead atoms. The maximum Gasteiger partial charge on any atom is 0.400 e. The van der Waals surface area contributed by atoms with Crippen LogP contribution in [0.2, 0.25) is 0 Å². The lowest BCUT2D eigenvalue weighted by molar-refractivity contribution is -0.161. The van der Waals surface area contributed by atoms with Gasteiger partial charge in [-0.15, -0.1) is 0 Å². The molecular formula is C10H20F3N3O2. The molecule has 0 rings (SSSR count). The largest absolute Gasteiger partial charge is 0.409 e. The molecule has 0 heterocycles. The molecule has 0 aromatic carbocycles. The van der Waals surface area contributed by atoms with Gasteiger partial charge in [0.25, 0.3) is 0 Å². The molecule has 0 aromatic rings. The Hall–Kier alpha value is -1.02. The van der Waals surface area contributed by atoms with E-state index in [1.807, 2.05) is 0 Å². The summed E-state index contributed by atoms with van der Waals surface area (Å²) in [6.07, 6.45) is -4.59. The number of hydrogen-bond donors (Lipinski definition) is 3. The fraction of sp³-hybridized carbons (Fsp3) is 0.900. The van der Waals surface area contributed by atoms with Crippen molar-refractivity contribution in [3.63, 3.8) is 0 Å². The van der Waals surface area contributed by atoms with Gasteiger partial charge in [-0.25, -0.2) is 0 Å². The molecule has 0 saturated heterocycles. The third-order valence-corrected chi connectivity index (χ3v) is 2.37. The first-order chi connectivity index (χ1) is 8.01. The summed E-state index contributed by atoms with van der Waals surface area (Å²) in [5, 5.41) is 20.4. The molecule has 0 amide bonds. The third kappa shape index (κ3) is 6.06. The van der Waals surface area contributed by atoms with E-state index in [9.17, 15) is 18.3 Å². The van der Waals surface area contributed by atoms with Crippen molar-refractivity contribution in [2.24, 2.45) is 16.8 Å². The summed E-state index contributed by atoms with van der Waals surface area (Å²) in [6.45, 7) is 4.60. The summed E-state index contributed by atoms with van der Waals surface area (Å²) in [4.78, 5) is 1.40. The first kappa shape index (κ1) is 17.0. The van der Waals surface area contributed by atoms with Crippen LogP contribution in [0.3, 0.4) is 0 Å². The Bertz CT molecular complexity index is 287. The summed E-state index contributed by atoms with van der Waals surface area (Å²) in [5.74, 6) is -2.93. The summed E-state index contributed by atoms with van der Waals surface area (Å²) >= 11 is 0. The van der Waals surface area contributed by atoms with Crippen LogP contribution in [0.1, 0.15) is 20.8 Å². The van der Waals surface area contributed by atoms with Crippen LogP contribution in [0.15, 0.2) is 5.16 Å². The number of oxime groups is 1. The van der Waals surface area contributed by atoms with Crippen molar-refractivity contribution < 1.29 is 23.5 Å². The fourth-order valence-electron chi connectivity index (χ4n) is 1.55. The molecule has 0 aliphatic rings. The molecule has 4 N–H and O–H groups in total. The second-order valence-electron chi connectivity index (χ2n) is 4.76. The zero-order chi connectivity index (χ0) is 14.6. The SMILES string of the molecule is CCN(CC(C(N)=NO)C(F)(F)F)CC(C)(C)O. The Morgan fingerprint density at radius 2 is 1.89 bits per heavy atom. The molecule has 0 spiro atoms. The van der Waals surface area contributed by atoms with E-state index in [4.69, 9.17) is 10.9 Å². The predicted molar refractivity (Wildman–Crippen MR) is 61.4 cm³/mol. The van der Waals surface area contributed by atoms with Crippen molar-refractivity contribution in [3.05, 3.63) is 0 Å². The number of hydrogen-bond acceptors (Lipinski definition) is 4. The van der Waals surface area contributed by atoms with Crippen molar-refractivity contribution in [2.75, 3.05) is 19.6 Å². The Kier molecular flexibility index (Phi) is 5.88. The summed E-state index contributed by atoms with van der Waals surface area (Å²) in [7, 11) is 0. The van der Waals surface area contributed by atoms with E-state index < -0.39 is 30.1 Å². The van der Waals surface area contributed by atoms with Gasteiger partial charge in [-0.2, -0.15) is 13.2 Å². The number of amidine groups is 1. The molecule has 1 unspecified atom stereocenters. The van der Waals surface area contributed by atoms with Crippen LogP contribution in [-0.2, 0) is 0 Å². The Balaban J connectivity index is 4.86. The highest BCUT2D eigenvalue weighted by molar-refractivity contribution is 5.83. The van der Waals surface area contributed by atoms with Gasteiger partial charge < -0.3 is 16.0 Å². The van der Waals surface area contributed by atoms with Gasteiger partial charge >= 0.3 is 6.18 Å². The van der Waals surface area contributed by atoms with Gasteiger partial charge in [0.1, 0.15) is 5.92 Å². The van der Waals surface area contributed by atoms with Crippen LogP contribution in [0.4, 0.5) is 13.2 Å². The molecule has 0 saturated carbocycles. The molecule has 18 heavy (non-hydrogen) atoms. The van der Waals surface area contributed by atoms with E-state index in [1.54, 1.807) is 6.92 Å². The van der Waals surface area contributed by atoms with Crippen molar-refractivity contribution in [1.82, 2.24) is 4.90 Å². The topological polar surface area (TPSA) is 82.1 Å². The van der Waals surface area contributed by atoms with Crippen LogP contribution in [0.25, 0.3) is 0 Å². The maximum absolute atomic E-state index is 12.7. The van der Waals surface area contributed by atoms with Crippen LogP contribution < -0.4 is 5.73 Å². The molecule has 108 valence electrons. The van der Waals surface area contributed by atoms with E-state index >= 15 is 0 Å². The van der Waals surface area contributed by atoms with Gasteiger partial charge in [-0.1, -0.05) is 12.1 Å². The monoisotopic (exact) mass is 271 g/mol. The zero-order valence-corrected chi connectivity index (χ0v) is 10.7. The molecule has 0 aliphatic heterocycles. The van der Waals surface area contributed by atoms with E-state index in [0.717, 1.165) is 0 Å². The normalized spacial score (nSPS) is 16.1. The zero-order valence-electron chi connectivity index (χ0n) is 10.7. The van der Waals surface area contributed by atoms with Crippen molar-refractivity contribution in [2.45, 2.75) is 32.5 Å². The second-order valence-corrected chi connectivity index (χ2v) is 4.76. The van der Waals surface area contributed by atoms with Crippen LogP contribution in [-0.4, -0.2) is 52.5 Å². The van der Waals surface area contributed by atoms with Gasteiger partial charge in [0.15, 0.2) is 5.84 Å². The lowest BCUT2D eigenvalue weighted by Crippen LogP contribution is -2.47. The van der Waals surface area contributed by atoms with Gasteiger partial charge in [-0.3, -0.25) is 4.90 Å². The van der Waals surface area contributed by atoms with Gasteiger partial charge in [0, 0.05) is 13.1 Å². The highest BCUT2D eigenvalue weighted by atomic mass is 19.4. The maximum atomic E-state index is 12.7. The number of halogens is 3. The first-order valence-electron chi connectivity index (χ1n) is 5.50. The summed E-state index contributed by atoms with van der Waals surface area (Å²) < 4.78 is 38.2. The number of likely N-dealkylation sites (N-methyl/N-ethyl adjacent to an activating group) is 1. The van der Waals surface area contributed by atoms with E-state index in [-0.39, 0.29) is 6.54 Å². The average molecular weight is 271 g/mol. The highest BCUT2D eigenvalue weighted by Crippen LogP contribution is 2.27. The Morgan fingerprint density at radius 3 is 2.17 bits per heavy atom. The lowest BCUT2D eigenvalue weighted by Gasteiger charge is -2.31. The first-order valence-corrected chi connectivity index (χ1v) is 5.50. The predicted octanol–water partition coefficient (Wildman–Crippen LogP) is 1.00. The average Bonchev–Trinajstić information content (AvgIpc) is 2.19. The van der Waals surface area contributed by atoms with Crippen molar-refractivity contribution in [1.29, 1.82) is 0 Å². The number of nitrogens with zero attached hydrogens (tertiary/aromatic N) is 2. The van der Waals surface area contributed by atoms with E-state index in [0.29, 0.717) is 6.54 Å². The van der Waals surface area contributed by atoms with Gasteiger partial charge in [0.2, 0.25) is 0 Å². The number of aliphatic hydroxyl groups is 1. The number of alkyl halides is 3. The molecule has 0 aliphatic carbocycles. The minimum absolute atomic E-state index is 0.0643. The number of rotatable bonds is 6. The minimum Gasteiger partial charge on any atom is -0.409 e.